The first-order valence-corrected chi connectivity index (χ1v) is 6.82. The highest BCUT2D eigenvalue weighted by Gasteiger charge is 2.14. The van der Waals surface area contributed by atoms with Crippen LogP contribution in [0.15, 0.2) is 31.0 Å². The van der Waals surface area contributed by atoms with Crippen LogP contribution >= 0.6 is 0 Å². The van der Waals surface area contributed by atoms with Gasteiger partial charge in [0.25, 0.3) is 0 Å². The molecule has 18 heavy (non-hydrogen) atoms. The Morgan fingerprint density at radius 3 is 3.11 bits per heavy atom. The molecule has 2 heterocycles. The third-order valence-electron chi connectivity index (χ3n) is 3.95. The quantitative estimate of drug-likeness (QED) is 0.841. The van der Waals surface area contributed by atoms with Gasteiger partial charge in [-0.15, -0.1) is 0 Å². The summed E-state index contributed by atoms with van der Waals surface area (Å²) in [5.74, 6) is 0. The van der Waals surface area contributed by atoms with Crippen LogP contribution in [0, 0.1) is 0 Å². The zero-order valence-corrected chi connectivity index (χ0v) is 10.7. The van der Waals surface area contributed by atoms with Crippen molar-refractivity contribution >= 4 is 17.0 Å². The molecule has 2 N–H and O–H groups in total. The lowest BCUT2D eigenvalue weighted by atomic mass is 10.0. The van der Waals surface area contributed by atoms with Crippen molar-refractivity contribution in [3.8, 4) is 0 Å². The Labute approximate surface area is 108 Å². The first-order chi connectivity index (χ1) is 8.86. The fraction of sp³-hybridized carbons (Fsp3) is 0.375. The van der Waals surface area contributed by atoms with Crippen molar-refractivity contribution in [3.63, 3.8) is 0 Å². The molecule has 1 aliphatic rings. The smallest absolute Gasteiger partial charge is 0.0457 e. The van der Waals surface area contributed by atoms with E-state index in [4.69, 9.17) is 0 Å². The van der Waals surface area contributed by atoms with E-state index in [2.05, 4.69) is 41.3 Å². The molecule has 0 aliphatic carbocycles. The summed E-state index contributed by atoms with van der Waals surface area (Å²) in [5, 5.41) is 4.92. The predicted molar refractivity (Wildman–Crippen MR) is 77.7 cm³/mol. The van der Waals surface area contributed by atoms with Gasteiger partial charge in [0.2, 0.25) is 0 Å². The molecule has 2 nitrogen and oxygen atoms in total. The van der Waals surface area contributed by atoms with Crippen LogP contribution in [-0.4, -0.2) is 17.6 Å². The Hall–Kier alpha value is -1.54. The number of benzene rings is 1. The molecule has 0 spiro atoms. The van der Waals surface area contributed by atoms with Gasteiger partial charge in [-0.25, -0.2) is 0 Å². The molecule has 94 valence electrons. The van der Waals surface area contributed by atoms with Crippen LogP contribution < -0.4 is 5.32 Å². The summed E-state index contributed by atoms with van der Waals surface area (Å²) < 4.78 is 0. The molecule has 0 bridgehead atoms. The highest BCUT2D eigenvalue weighted by molar-refractivity contribution is 5.85. The van der Waals surface area contributed by atoms with Crippen LogP contribution in [0.4, 0.5) is 0 Å². The van der Waals surface area contributed by atoms with E-state index >= 15 is 0 Å². The summed E-state index contributed by atoms with van der Waals surface area (Å²) in [5.41, 5.74) is 3.86. The molecule has 2 heteroatoms. The van der Waals surface area contributed by atoms with Crippen molar-refractivity contribution in [1.82, 2.24) is 10.3 Å². The second kappa shape index (κ2) is 4.99. The molecule has 0 radical (unpaired) electrons. The largest absolute Gasteiger partial charge is 0.361 e. The molecule has 1 aromatic carbocycles. The number of aryl methyl sites for hydroxylation is 1. The van der Waals surface area contributed by atoms with Crippen LogP contribution in [-0.2, 0) is 6.42 Å². The molecule has 1 fully saturated rings. The maximum absolute atomic E-state index is 3.84. The fourth-order valence-electron chi connectivity index (χ4n) is 2.86. The van der Waals surface area contributed by atoms with E-state index in [9.17, 15) is 0 Å². The van der Waals surface area contributed by atoms with Gasteiger partial charge in [0.1, 0.15) is 0 Å². The molecule has 1 aromatic heterocycles. The molecular formula is C16H20N2. The number of hydrogen-bond donors (Lipinski definition) is 2. The fourth-order valence-corrected chi connectivity index (χ4v) is 2.86. The topological polar surface area (TPSA) is 27.8 Å². The summed E-state index contributed by atoms with van der Waals surface area (Å²) in [6.07, 6.45) is 9.13. The van der Waals surface area contributed by atoms with E-state index in [1.807, 2.05) is 6.08 Å². The number of aromatic amines is 1. The Morgan fingerprint density at radius 1 is 1.39 bits per heavy atom. The van der Waals surface area contributed by atoms with E-state index in [0.29, 0.717) is 0 Å². The first-order valence-electron chi connectivity index (χ1n) is 6.82. The molecule has 1 atom stereocenters. The lowest BCUT2D eigenvalue weighted by Gasteiger charge is -2.08. The SMILES string of the molecule is C=Cc1ccc2[nH]cc(CCC3CCCN3)c2c1. The summed E-state index contributed by atoms with van der Waals surface area (Å²) in [6.45, 7) is 5.03. The highest BCUT2D eigenvalue weighted by Crippen LogP contribution is 2.23. The van der Waals surface area contributed by atoms with E-state index < -0.39 is 0 Å². The number of rotatable bonds is 4. The molecule has 3 rings (SSSR count). The van der Waals surface area contributed by atoms with Crippen LogP contribution in [0.3, 0.4) is 0 Å². The van der Waals surface area contributed by atoms with E-state index in [0.717, 1.165) is 12.5 Å². The van der Waals surface area contributed by atoms with Gasteiger partial charge in [0.15, 0.2) is 0 Å². The van der Waals surface area contributed by atoms with Crippen LogP contribution in [0.5, 0.6) is 0 Å². The molecule has 2 aromatic rings. The average molecular weight is 240 g/mol. The maximum atomic E-state index is 3.84. The van der Waals surface area contributed by atoms with Crippen molar-refractivity contribution in [1.29, 1.82) is 0 Å². The van der Waals surface area contributed by atoms with Gasteiger partial charge in [-0.05, 0) is 55.5 Å². The van der Waals surface area contributed by atoms with Crippen molar-refractivity contribution in [2.45, 2.75) is 31.7 Å². The number of H-pyrrole nitrogens is 1. The molecule has 1 saturated heterocycles. The lowest BCUT2D eigenvalue weighted by Crippen LogP contribution is -2.21. The minimum absolute atomic E-state index is 0.720. The minimum Gasteiger partial charge on any atom is -0.361 e. The number of aromatic nitrogens is 1. The van der Waals surface area contributed by atoms with Gasteiger partial charge in [0.05, 0.1) is 0 Å². The normalized spacial score (nSPS) is 19.4. The third kappa shape index (κ3) is 2.21. The van der Waals surface area contributed by atoms with Crippen LogP contribution in [0.2, 0.25) is 0 Å². The van der Waals surface area contributed by atoms with Crippen LogP contribution in [0.25, 0.3) is 17.0 Å². The highest BCUT2D eigenvalue weighted by atomic mass is 14.9. The second-order valence-electron chi connectivity index (χ2n) is 5.16. The Kier molecular flexibility index (Phi) is 3.20. The number of hydrogen-bond acceptors (Lipinski definition) is 1. The monoisotopic (exact) mass is 240 g/mol. The van der Waals surface area contributed by atoms with Gasteiger partial charge in [-0.2, -0.15) is 0 Å². The predicted octanol–water partition coefficient (Wildman–Crippen LogP) is 3.50. The molecule has 1 unspecified atom stereocenters. The Morgan fingerprint density at radius 2 is 2.33 bits per heavy atom. The second-order valence-corrected chi connectivity index (χ2v) is 5.16. The van der Waals surface area contributed by atoms with Gasteiger partial charge in [0, 0.05) is 23.1 Å². The molecule has 0 amide bonds. The maximum Gasteiger partial charge on any atom is 0.0457 e. The Bertz CT molecular complexity index is 547. The molecule has 1 aliphatic heterocycles. The molecule has 0 saturated carbocycles. The van der Waals surface area contributed by atoms with Gasteiger partial charge in [-0.1, -0.05) is 18.7 Å². The summed E-state index contributed by atoms with van der Waals surface area (Å²) in [7, 11) is 0. The van der Waals surface area contributed by atoms with Crippen molar-refractivity contribution in [3.05, 3.63) is 42.1 Å². The number of nitrogens with one attached hydrogen (secondary N) is 2. The van der Waals surface area contributed by atoms with Crippen molar-refractivity contribution < 1.29 is 0 Å². The van der Waals surface area contributed by atoms with E-state index in [1.54, 1.807) is 0 Å². The summed E-state index contributed by atoms with van der Waals surface area (Å²) >= 11 is 0. The van der Waals surface area contributed by atoms with Gasteiger partial charge in [-0.3, -0.25) is 0 Å². The van der Waals surface area contributed by atoms with E-state index in [1.165, 1.54) is 47.8 Å². The summed E-state index contributed by atoms with van der Waals surface area (Å²) in [6, 6.07) is 7.20. The van der Waals surface area contributed by atoms with Crippen molar-refractivity contribution in [2.24, 2.45) is 0 Å². The van der Waals surface area contributed by atoms with Crippen molar-refractivity contribution in [2.75, 3.05) is 6.54 Å². The minimum atomic E-state index is 0.720. The van der Waals surface area contributed by atoms with E-state index in [-0.39, 0.29) is 0 Å². The number of fused-ring (bicyclic) bond motifs is 1. The third-order valence-corrected chi connectivity index (χ3v) is 3.95. The summed E-state index contributed by atoms with van der Waals surface area (Å²) in [4.78, 5) is 3.36. The standard InChI is InChI=1S/C16H20N2/c1-2-12-5-8-16-15(10-12)13(11-18-16)6-7-14-4-3-9-17-14/h2,5,8,10-11,14,17-18H,1,3-4,6-7,9H2. The van der Waals surface area contributed by atoms with Gasteiger partial charge >= 0.3 is 0 Å². The lowest BCUT2D eigenvalue weighted by molar-refractivity contribution is 0.560. The average Bonchev–Trinajstić information content (AvgIpc) is 3.05. The zero-order chi connectivity index (χ0) is 12.4. The van der Waals surface area contributed by atoms with Crippen LogP contribution in [0.1, 0.15) is 30.4 Å². The Balaban J connectivity index is 1.80. The molecular weight excluding hydrogens is 220 g/mol. The van der Waals surface area contributed by atoms with Gasteiger partial charge < -0.3 is 10.3 Å². The zero-order valence-electron chi connectivity index (χ0n) is 10.7. The first kappa shape index (κ1) is 11.5.